The number of ketones is 1. The number of Topliss-reactive ketones (excluding diaryl/α,β-unsaturated/α-hetero) is 1. The Morgan fingerprint density at radius 1 is 1.10 bits per heavy atom. The molecule has 1 spiro atoms. The first-order chi connectivity index (χ1) is 18.6. The van der Waals surface area contributed by atoms with E-state index in [2.05, 4.69) is 38.8 Å². The summed E-state index contributed by atoms with van der Waals surface area (Å²) in [4.78, 5) is 44.4. The fourth-order valence-electron chi connectivity index (χ4n) is 10.6. The van der Waals surface area contributed by atoms with Crippen molar-refractivity contribution in [2.45, 2.75) is 85.2 Å². The standard InChI is InChI=1S/C33H43NO5/c1-19(2)22-17-33-14-11-25-31(3,12-7-13-32(25,4)30(37)38-5)26(33)16-21(22)27-24(10-9-23(35)28(27)33)39-29(36)20-8-6-15-34-18-20/h6,8,15,17-19,21,24-28H,7,9-14,16H2,1-5H3/t21-,24-,25+,26+,27-,28+,31-,32+,33-/m0/s1. The van der Waals surface area contributed by atoms with Crippen molar-refractivity contribution in [2.75, 3.05) is 7.11 Å². The van der Waals surface area contributed by atoms with E-state index in [9.17, 15) is 14.4 Å². The molecule has 210 valence electrons. The maximum atomic E-state index is 13.9. The Labute approximate surface area is 232 Å². The predicted octanol–water partition coefficient (Wildman–Crippen LogP) is 6.20. The Bertz CT molecular complexity index is 1210. The Morgan fingerprint density at radius 3 is 2.59 bits per heavy atom. The van der Waals surface area contributed by atoms with Gasteiger partial charge in [-0.25, -0.2) is 4.79 Å². The van der Waals surface area contributed by atoms with Crippen molar-refractivity contribution < 1.29 is 23.9 Å². The van der Waals surface area contributed by atoms with Crippen LogP contribution in [0.1, 0.15) is 89.4 Å². The maximum absolute atomic E-state index is 13.9. The van der Waals surface area contributed by atoms with Crippen LogP contribution in [-0.4, -0.2) is 35.9 Å². The highest BCUT2D eigenvalue weighted by atomic mass is 16.5. The molecule has 6 heteroatoms. The summed E-state index contributed by atoms with van der Waals surface area (Å²) in [5.74, 6) is 0.959. The van der Waals surface area contributed by atoms with Crippen LogP contribution in [0, 0.1) is 51.8 Å². The molecule has 2 bridgehead atoms. The molecule has 4 fully saturated rings. The molecule has 1 heterocycles. The topological polar surface area (TPSA) is 82.6 Å². The second kappa shape index (κ2) is 9.27. The second-order valence-corrected chi connectivity index (χ2v) is 13.9. The van der Waals surface area contributed by atoms with Gasteiger partial charge in [0.05, 0.1) is 18.1 Å². The van der Waals surface area contributed by atoms with Crippen molar-refractivity contribution in [1.82, 2.24) is 4.98 Å². The van der Waals surface area contributed by atoms with Crippen LogP contribution in [0.3, 0.4) is 0 Å². The molecule has 0 N–H and O–H groups in total. The third kappa shape index (κ3) is 3.72. The van der Waals surface area contributed by atoms with Gasteiger partial charge < -0.3 is 9.47 Å². The number of rotatable bonds is 4. The number of esters is 2. The van der Waals surface area contributed by atoms with E-state index in [4.69, 9.17) is 9.47 Å². The minimum atomic E-state index is -0.484. The van der Waals surface area contributed by atoms with Crippen molar-refractivity contribution in [3.8, 4) is 0 Å². The Morgan fingerprint density at radius 2 is 1.90 bits per heavy atom. The molecule has 6 aliphatic rings. The van der Waals surface area contributed by atoms with Crippen molar-refractivity contribution in [2.24, 2.45) is 51.8 Å². The molecule has 9 atom stereocenters. The van der Waals surface area contributed by atoms with Crippen LogP contribution in [-0.2, 0) is 19.1 Å². The molecule has 0 amide bonds. The number of fused-ring (bicyclic) bond motifs is 1. The SMILES string of the molecule is COC(=O)[C@]1(C)CCC[C@]2(C)[C@H]3C[C@H]4C(C(C)C)=C[C@]3(CC[C@H]21)[C@@H]1C(=O)CC[C@H](OC(=O)c2cccnc2)[C@@H]14. The van der Waals surface area contributed by atoms with Gasteiger partial charge in [0.15, 0.2) is 0 Å². The summed E-state index contributed by atoms with van der Waals surface area (Å²) in [5.41, 5.74) is 1.14. The monoisotopic (exact) mass is 533 g/mol. The molecule has 6 nitrogen and oxygen atoms in total. The molecule has 4 saturated carbocycles. The lowest BCUT2D eigenvalue weighted by Crippen LogP contribution is -2.68. The molecule has 7 rings (SSSR count). The molecule has 0 aliphatic heterocycles. The normalized spacial score (nSPS) is 42.6. The molecule has 6 aliphatic carbocycles. The van der Waals surface area contributed by atoms with Gasteiger partial charge in [0.25, 0.3) is 0 Å². The average molecular weight is 534 g/mol. The smallest absolute Gasteiger partial charge is 0.339 e. The van der Waals surface area contributed by atoms with E-state index in [-0.39, 0.29) is 52.5 Å². The quantitative estimate of drug-likeness (QED) is 0.339. The second-order valence-electron chi connectivity index (χ2n) is 13.9. The van der Waals surface area contributed by atoms with Crippen molar-refractivity contribution in [3.63, 3.8) is 0 Å². The lowest BCUT2D eigenvalue weighted by atomic mass is 9.33. The van der Waals surface area contributed by atoms with Crippen LogP contribution in [0.25, 0.3) is 0 Å². The summed E-state index contributed by atoms with van der Waals surface area (Å²) in [7, 11) is 1.52. The number of nitrogens with zero attached hydrogens (tertiary/aromatic N) is 1. The van der Waals surface area contributed by atoms with Gasteiger partial charge in [0, 0.05) is 36.1 Å². The fraction of sp³-hybridized carbons (Fsp3) is 0.697. The van der Waals surface area contributed by atoms with Crippen LogP contribution in [0.2, 0.25) is 0 Å². The molecule has 0 unspecified atom stereocenters. The number of ether oxygens (including phenoxy) is 2. The summed E-state index contributed by atoms with van der Waals surface area (Å²) in [6, 6.07) is 3.49. The molecule has 1 aromatic rings. The van der Waals surface area contributed by atoms with E-state index in [1.807, 2.05) is 0 Å². The van der Waals surface area contributed by atoms with Gasteiger partial charge in [-0.05, 0) is 86.7 Å². The van der Waals surface area contributed by atoms with Gasteiger partial charge in [-0.1, -0.05) is 38.8 Å². The van der Waals surface area contributed by atoms with Crippen LogP contribution in [0.4, 0.5) is 0 Å². The van der Waals surface area contributed by atoms with Crippen LogP contribution in [0.5, 0.6) is 0 Å². The lowest BCUT2D eigenvalue weighted by molar-refractivity contribution is -0.210. The number of carbonyl (C=O) groups is 3. The molecule has 1 aromatic heterocycles. The first kappa shape index (κ1) is 26.7. The first-order valence-electron chi connectivity index (χ1n) is 15.0. The summed E-state index contributed by atoms with van der Waals surface area (Å²) in [6.07, 6.45) is 12.3. The van der Waals surface area contributed by atoms with Gasteiger partial charge >= 0.3 is 11.9 Å². The van der Waals surface area contributed by atoms with E-state index in [1.165, 1.54) is 12.7 Å². The van der Waals surface area contributed by atoms with Gasteiger partial charge in [-0.15, -0.1) is 0 Å². The van der Waals surface area contributed by atoms with Gasteiger partial charge in [-0.2, -0.15) is 0 Å². The molecule has 0 saturated heterocycles. The van der Waals surface area contributed by atoms with Crippen molar-refractivity contribution >= 4 is 17.7 Å². The molecule has 0 radical (unpaired) electrons. The number of allylic oxidation sites excluding steroid dienone is 2. The number of hydrogen-bond donors (Lipinski definition) is 0. The average Bonchev–Trinajstić information content (AvgIpc) is 2.93. The van der Waals surface area contributed by atoms with E-state index in [0.717, 1.165) is 38.5 Å². The Hall–Kier alpha value is -2.50. The van der Waals surface area contributed by atoms with Gasteiger partial charge in [0.1, 0.15) is 11.9 Å². The van der Waals surface area contributed by atoms with Crippen molar-refractivity contribution in [1.29, 1.82) is 0 Å². The summed E-state index contributed by atoms with van der Waals surface area (Å²) >= 11 is 0. The number of methoxy groups -OCH3 is 1. The Kier molecular flexibility index (Phi) is 6.35. The fourth-order valence-corrected chi connectivity index (χ4v) is 10.6. The first-order valence-corrected chi connectivity index (χ1v) is 15.0. The van der Waals surface area contributed by atoms with Crippen LogP contribution < -0.4 is 0 Å². The Balaban J connectivity index is 1.41. The third-order valence-corrected chi connectivity index (χ3v) is 12.0. The van der Waals surface area contributed by atoms with Gasteiger partial charge in [-0.3, -0.25) is 14.6 Å². The maximum Gasteiger partial charge on any atom is 0.339 e. The highest BCUT2D eigenvalue weighted by Crippen LogP contribution is 2.74. The summed E-state index contributed by atoms with van der Waals surface area (Å²) in [6.45, 7) is 9.06. The zero-order chi connectivity index (χ0) is 27.7. The highest BCUT2D eigenvalue weighted by Gasteiger charge is 2.71. The predicted molar refractivity (Wildman–Crippen MR) is 146 cm³/mol. The van der Waals surface area contributed by atoms with E-state index in [1.54, 1.807) is 24.5 Å². The van der Waals surface area contributed by atoms with E-state index in [0.29, 0.717) is 36.0 Å². The van der Waals surface area contributed by atoms with E-state index >= 15 is 0 Å². The molecular weight excluding hydrogens is 490 g/mol. The molecule has 39 heavy (non-hydrogen) atoms. The third-order valence-electron chi connectivity index (χ3n) is 12.0. The summed E-state index contributed by atoms with van der Waals surface area (Å²) in [5, 5.41) is 0. The number of pyridine rings is 1. The van der Waals surface area contributed by atoms with Gasteiger partial charge in [0.2, 0.25) is 0 Å². The molecule has 0 aromatic carbocycles. The zero-order valence-electron chi connectivity index (χ0n) is 24.1. The molecular formula is C33H43NO5. The lowest BCUT2D eigenvalue weighted by Gasteiger charge is -2.70. The van der Waals surface area contributed by atoms with Crippen LogP contribution >= 0.6 is 0 Å². The van der Waals surface area contributed by atoms with Crippen LogP contribution in [0.15, 0.2) is 36.2 Å². The number of aromatic nitrogens is 1. The largest absolute Gasteiger partial charge is 0.469 e. The highest BCUT2D eigenvalue weighted by molar-refractivity contribution is 5.89. The zero-order valence-corrected chi connectivity index (χ0v) is 24.1. The number of hydrogen-bond acceptors (Lipinski definition) is 6. The summed E-state index contributed by atoms with van der Waals surface area (Å²) < 4.78 is 11.6. The van der Waals surface area contributed by atoms with E-state index < -0.39 is 5.41 Å². The number of carbonyl (C=O) groups excluding carboxylic acids is 3. The minimum absolute atomic E-state index is 0.0150. The minimum Gasteiger partial charge on any atom is -0.469 e. The van der Waals surface area contributed by atoms with Crippen molar-refractivity contribution in [3.05, 3.63) is 41.7 Å².